The van der Waals surface area contributed by atoms with Crippen LogP contribution in [-0.2, 0) is 45.1 Å². The van der Waals surface area contributed by atoms with Crippen LogP contribution in [0.25, 0.3) is 0 Å². The summed E-state index contributed by atoms with van der Waals surface area (Å²) >= 11 is 0. The number of aliphatic hydroxyl groups excluding tert-OH is 2. The smallest absolute Gasteiger partial charge is 0.417 e. The molecule has 0 aliphatic rings. The van der Waals surface area contributed by atoms with E-state index in [9.17, 15) is 29.4 Å². The molecular weight excluding hydrogens is 713 g/mol. The van der Waals surface area contributed by atoms with Gasteiger partial charge in [0.2, 0.25) is 11.8 Å². The fraction of sp³-hybridized carbons (Fsp3) is 0.364. The molecule has 6 atom stereocenters. The zero-order chi connectivity index (χ0) is 40.8. The number of rotatable bonds is 17. The van der Waals surface area contributed by atoms with E-state index >= 15 is 0 Å². The minimum absolute atomic E-state index is 0.147. The fourth-order valence-electron chi connectivity index (χ4n) is 6.14. The third-order valence-corrected chi connectivity index (χ3v) is 9.66. The van der Waals surface area contributed by atoms with E-state index in [1.165, 1.54) is 0 Å². The Morgan fingerprint density at radius 1 is 0.500 bits per heavy atom. The van der Waals surface area contributed by atoms with Crippen LogP contribution in [0.2, 0.25) is 0 Å². The normalized spacial score (nSPS) is 14.5. The molecule has 0 aliphatic heterocycles. The molecule has 0 unspecified atom stereocenters. The van der Waals surface area contributed by atoms with Gasteiger partial charge in [0.1, 0.15) is 25.4 Å². The maximum absolute atomic E-state index is 14.2. The molecule has 6 N–H and O–H groups in total. The number of nitrogens with zero attached hydrogens (tertiary/aromatic N) is 2. The molecular formula is C44H54N4O8. The van der Waals surface area contributed by atoms with Crippen LogP contribution in [0, 0.1) is 11.8 Å². The summed E-state index contributed by atoms with van der Waals surface area (Å²) in [6.45, 7) is 6.46. The van der Waals surface area contributed by atoms with Gasteiger partial charge in [-0.2, -0.15) is 0 Å². The van der Waals surface area contributed by atoms with Crippen molar-refractivity contribution < 1.29 is 38.9 Å². The molecule has 4 rings (SSSR count). The number of hydrogen-bond acceptors (Lipinski definition) is 10. The van der Waals surface area contributed by atoms with Crippen molar-refractivity contribution >= 4 is 24.0 Å². The summed E-state index contributed by atoms with van der Waals surface area (Å²) < 4.78 is 11.3. The zero-order valence-corrected chi connectivity index (χ0v) is 32.4. The van der Waals surface area contributed by atoms with Gasteiger partial charge in [-0.05, 0) is 46.9 Å². The molecule has 0 radical (unpaired) electrons. The lowest BCUT2D eigenvalue weighted by Gasteiger charge is -2.41. The molecule has 0 heterocycles. The summed E-state index contributed by atoms with van der Waals surface area (Å²) in [5, 5.41) is 24.8. The lowest BCUT2D eigenvalue weighted by molar-refractivity contribution is -0.145. The van der Waals surface area contributed by atoms with Crippen molar-refractivity contribution in [3.8, 4) is 0 Å². The zero-order valence-electron chi connectivity index (χ0n) is 32.4. The summed E-state index contributed by atoms with van der Waals surface area (Å²) in [6, 6.07) is 29.9. The van der Waals surface area contributed by atoms with Gasteiger partial charge in [0.15, 0.2) is 0 Å². The number of amides is 4. The fourth-order valence-corrected chi connectivity index (χ4v) is 6.14. The first-order chi connectivity index (χ1) is 26.8. The first-order valence-electron chi connectivity index (χ1n) is 18.8. The first-order valence-corrected chi connectivity index (χ1v) is 18.8. The van der Waals surface area contributed by atoms with Crippen LogP contribution in [0.4, 0.5) is 9.59 Å². The van der Waals surface area contributed by atoms with Gasteiger partial charge >= 0.3 is 12.2 Å². The quantitative estimate of drug-likeness (QED) is 0.111. The Kier molecular flexibility index (Phi) is 16.3. The van der Waals surface area contributed by atoms with Gasteiger partial charge in [0.05, 0.1) is 24.2 Å². The first kappa shape index (κ1) is 43.3. The number of nitrogens with two attached hydrogens (primary N) is 2. The van der Waals surface area contributed by atoms with Gasteiger partial charge in [0, 0.05) is 0 Å². The average Bonchev–Trinajstić information content (AvgIpc) is 3.21. The van der Waals surface area contributed by atoms with Gasteiger partial charge in [0.25, 0.3) is 0 Å². The van der Waals surface area contributed by atoms with E-state index in [0.29, 0.717) is 22.3 Å². The molecule has 4 aromatic rings. The van der Waals surface area contributed by atoms with Crippen molar-refractivity contribution in [2.24, 2.45) is 23.3 Å². The number of carbonyl (C=O) groups is 4. The SMILES string of the molecule is CC(C)[C@H](N)C(=O)N(C(=O)OCc1ccccc1)[C@@H](Cc1ccccc1)[C@@H](O)[C@H](O)[C@H](Cc1ccccc1)N(C(=O)OCc1ccccc1)C(=O)[C@@H](N)C(C)C. The molecule has 0 saturated carbocycles. The van der Waals surface area contributed by atoms with Crippen molar-refractivity contribution in [3.05, 3.63) is 144 Å². The second kappa shape index (κ2) is 21.1. The molecule has 4 aromatic carbocycles. The summed E-state index contributed by atoms with van der Waals surface area (Å²) in [4.78, 5) is 58.2. The highest BCUT2D eigenvalue weighted by atomic mass is 16.6. The molecule has 0 spiro atoms. The highest BCUT2D eigenvalue weighted by molar-refractivity contribution is 5.96. The van der Waals surface area contributed by atoms with E-state index in [-0.39, 0.29) is 26.1 Å². The second-order valence-corrected chi connectivity index (χ2v) is 14.5. The lowest BCUT2D eigenvalue weighted by atomic mass is 9.88. The van der Waals surface area contributed by atoms with Crippen molar-refractivity contribution in [1.82, 2.24) is 9.80 Å². The Balaban J connectivity index is 1.84. The predicted molar refractivity (Wildman–Crippen MR) is 212 cm³/mol. The van der Waals surface area contributed by atoms with E-state index in [1.54, 1.807) is 137 Å². The third-order valence-electron chi connectivity index (χ3n) is 9.66. The minimum atomic E-state index is -1.97. The molecule has 0 aromatic heterocycles. The Morgan fingerprint density at radius 2 is 0.768 bits per heavy atom. The monoisotopic (exact) mass is 766 g/mol. The lowest BCUT2D eigenvalue weighted by Crippen LogP contribution is -2.64. The molecule has 0 aliphatic carbocycles. The Hall–Kier alpha value is -5.40. The molecule has 4 amide bonds. The van der Waals surface area contributed by atoms with Crippen molar-refractivity contribution in [2.45, 2.75) is 90.1 Å². The Bertz CT molecular complexity index is 1690. The maximum atomic E-state index is 14.2. The summed E-state index contributed by atoms with van der Waals surface area (Å²) in [6.07, 6.45) is -6.43. The van der Waals surface area contributed by atoms with E-state index in [2.05, 4.69) is 0 Å². The number of ether oxygens (including phenoxy) is 2. The largest absolute Gasteiger partial charge is 0.444 e. The van der Waals surface area contributed by atoms with Crippen LogP contribution in [0.5, 0.6) is 0 Å². The van der Waals surface area contributed by atoms with Crippen molar-refractivity contribution in [3.63, 3.8) is 0 Å². The van der Waals surface area contributed by atoms with Gasteiger partial charge in [-0.15, -0.1) is 0 Å². The third kappa shape index (κ3) is 11.8. The van der Waals surface area contributed by atoms with Gasteiger partial charge < -0.3 is 31.2 Å². The molecule has 56 heavy (non-hydrogen) atoms. The molecule has 298 valence electrons. The van der Waals surface area contributed by atoms with Crippen LogP contribution in [0.15, 0.2) is 121 Å². The highest BCUT2D eigenvalue weighted by Gasteiger charge is 2.47. The second-order valence-electron chi connectivity index (χ2n) is 14.5. The van der Waals surface area contributed by atoms with Crippen LogP contribution in [0.1, 0.15) is 49.9 Å². The predicted octanol–water partition coefficient (Wildman–Crippen LogP) is 5.23. The van der Waals surface area contributed by atoms with Gasteiger partial charge in [-0.3, -0.25) is 9.59 Å². The number of aliphatic hydroxyl groups is 2. The molecule has 12 heteroatoms. The number of benzene rings is 4. The maximum Gasteiger partial charge on any atom is 0.417 e. The van der Waals surface area contributed by atoms with E-state index in [4.69, 9.17) is 20.9 Å². The van der Waals surface area contributed by atoms with Crippen LogP contribution in [-0.4, -0.2) is 80.4 Å². The minimum Gasteiger partial charge on any atom is -0.444 e. The average molecular weight is 767 g/mol. The standard InChI is InChI=1S/C44H54N4O8/c1-29(2)37(45)41(51)47(43(53)55-27-33-21-13-7-14-22-33)35(25-31-17-9-5-10-18-31)39(49)40(50)36(26-32-19-11-6-12-20-32)48(42(52)38(46)30(3)4)44(54)56-28-34-23-15-8-16-24-34/h5-24,29-30,35-40,49-50H,25-28,45-46H2,1-4H3/t35-,36-,37-,38-,39+,40+/m0/s1. The number of imide groups is 2. The molecule has 0 saturated heterocycles. The van der Waals surface area contributed by atoms with Gasteiger partial charge in [-0.25, -0.2) is 19.4 Å². The molecule has 12 nitrogen and oxygen atoms in total. The summed E-state index contributed by atoms with van der Waals surface area (Å²) in [5.74, 6) is -2.55. The molecule has 0 fully saturated rings. The molecule has 0 bridgehead atoms. The Labute approximate surface area is 329 Å². The Morgan fingerprint density at radius 3 is 1.04 bits per heavy atom. The van der Waals surface area contributed by atoms with Crippen molar-refractivity contribution in [2.75, 3.05) is 0 Å². The highest BCUT2D eigenvalue weighted by Crippen LogP contribution is 2.26. The van der Waals surface area contributed by atoms with Crippen LogP contribution >= 0.6 is 0 Å². The van der Waals surface area contributed by atoms with Crippen molar-refractivity contribution in [1.29, 1.82) is 0 Å². The van der Waals surface area contributed by atoms with E-state index in [1.807, 2.05) is 12.1 Å². The summed E-state index contributed by atoms with van der Waals surface area (Å²) in [5.41, 5.74) is 15.3. The van der Waals surface area contributed by atoms with E-state index in [0.717, 1.165) is 9.80 Å². The van der Waals surface area contributed by atoms with Crippen LogP contribution < -0.4 is 11.5 Å². The number of carbonyl (C=O) groups excluding carboxylic acids is 4. The summed E-state index contributed by atoms with van der Waals surface area (Å²) in [7, 11) is 0. The van der Waals surface area contributed by atoms with E-state index < -0.39 is 72.2 Å². The van der Waals surface area contributed by atoms with Crippen LogP contribution in [0.3, 0.4) is 0 Å². The number of hydrogen-bond donors (Lipinski definition) is 4. The van der Waals surface area contributed by atoms with Gasteiger partial charge in [-0.1, -0.05) is 149 Å². The topological polar surface area (TPSA) is 186 Å².